The highest BCUT2D eigenvalue weighted by atomic mass is 79.9. The van der Waals surface area contributed by atoms with Crippen molar-refractivity contribution in [2.75, 3.05) is 33.9 Å². The lowest BCUT2D eigenvalue weighted by Crippen LogP contribution is -2.38. The summed E-state index contributed by atoms with van der Waals surface area (Å²) in [6.07, 6.45) is 0.737. The SMILES string of the molecule is COCCCNC(=O)CN(C)C(=O)c1cc(Cl)cc(Br)c1. The first-order valence-corrected chi connectivity index (χ1v) is 7.58. The molecule has 0 bridgehead atoms. The zero-order valence-corrected chi connectivity index (χ0v) is 14.3. The molecule has 0 aromatic heterocycles. The first kappa shape index (κ1) is 17.9. The fourth-order valence-corrected chi connectivity index (χ4v) is 2.55. The van der Waals surface area contributed by atoms with Crippen molar-refractivity contribution in [1.29, 1.82) is 0 Å². The van der Waals surface area contributed by atoms with Crippen molar-refractivity contribution in [3.8, 4) is 0 Å². The Kier molecular flexibility index (Phi) is 7.71. The second kappa shape index (κ2) is 9.02. The highest BCUT2D eigenvalue weighted by Crippen LogP contribution is 2.20. The molecule has 1 aromatic rings. The van der Waals surface area contributed by atoms with Gasteiger partial charge in [0, 0.05) is 42.4 Å². The first-order valence-electron chi connectivity index (χ1n) is 6.41. The number of benzene rings is 1. The number of halogens is 2. The Morgan fingerprint density at radius 1 is 1.38 bits per heavy atom. The maximum absolute atomic E-state index is 12.2. The maximum Gasteiger partial charge on any atom is 0.254 e. The van der Waals surface area contributed by atoms with Gasteiger partial charge >= 0.3 is 0 Å². The molecule has 116 valence electrons. The Hall–Kier alpha value is -1.11. The molecule has 0 spiro atoms. The van der Waals surface area contributed by atoms with Crippen LogP contribution >= 0.6 is 27.5 Å². The lowest BCUT2D eigenvalue weighted by Gasteiger charge is -2.17. The molecule has 0 aliphatic carbocycles. The molecule has 0 aliphatic rings. The predicted octanol–water partition coefficient (Wildman–Crippen LogP) is 2.33. The minimum absolute atomic E-state index is 0.00402. The summed E-state index contributed by atoms with van der Waals surface area (Å²) in [7, 11) is 3.18. The lowest BCUT2D eigenvalue weighted by molar-refractivity contribution is -0.121. The van der Waals surface area contributed by atoms with E-state index >= 15 is 0 Å². The van der Waals surface area contributed by atoms with E-state index in [1.54, 1.807) is 32.4 Å². The summed E-state index contributed by atoms with van der Waals surface area (Å²) >= 11 is 9.19. The van der Waals surface area contributed by atoms with Crippen LogP contribution in [0.3, 0.4) is 0 Å². The van der Waals surface area contributed by atoms with E-state index in [2.05, 4.69) is 21.2 Å². The Balaban J connectivity index is 2.52. The third-order valence-electron chi connectivity index (χ3n) is 2.68. The standard InChI is InChI=1S/C14H18BrClN2O3/c1-18(9-13(19)17-4-3-5-21-2)14(20)10-6-11(15)8-12(16)7-10/h6-8H,3-5,9H2,1-2H3,(H,17,19). The third kappa shape index (κ3) is 6.46. The summed E-state index contributed by atoms with van der Waals surface area (Å²) < 4.78 is 5.61. The van der Waals surface area contributed by atoms with E-state index in [0.29, 0.717) is 23.7 Å². The van der Waals surface area contributed by atoms with Gasteiger partial charge in [0.2, 0.25) is 5.91 Å². The van der Waals surface area contributed by atoms with Crippen LogP contribution in [-0.4, -0.2) is 50.6 Å². The molecule has 0 saturated heterocycles. The predicted molar refractivity (Wildman–Crippen MR) is 85.6 cm³/mol. The van der Waals surface area contributed by atoms with Crippen molar-refractivity contribution in [2.45, 2.75) is 6.42 Å². The summed E-state index contributed by atoms with van der Waals surface area (Å²) in [5.41, 5.74) is 0.434. The summed E-state index contributed by atoms with van der Waals surface area (Å²) in [5, 5.41) is 3.19. The number of rotatable bonds is 7. The number of likely N-dealkylation sites (N-methyl/N-ethyl adjacent to an activating group) is 1. The zero-order valence-electron chi connectivity index (χ0n) is 12.0. The van der Waals surface area contributed by atoms with Crippen LogP contribution in [0.15, 0.2) is 22.7 Å². The minimum atomic E-state index is -0.259. The van der Waals surface area contributed by atoms with Crippen LogP contribution in [0.1, 0.15) is 16.8 Å². The molecule has 0 saturated carbocycles. The van der Waals surface area contributed by atoms with Gasteiger partial charge in [-0.3, -0.25) is 9.59 Å². The van der Waals surface area contributed by atoms with Gasteiger partial charge in [-0.15, -0.1) is 0 Å². The molecule has 0 atom stereocenters. The minimum Gasteiger partial charge on any atom is -0.385 e. The molecule has 7 heteroatoms. The van der Waals surface area contributed by atoms with Crippen LogP contribution in [0, 0.1) is 0 Å². The van der Waals surface area contributed by atoms with Gasteiger partial charge in [0.05, 0.1) is 6.54 Å². The molecule has 1 N–H and O–H groups in total. The van der Waals surface area contributed by atoms with Crippen molar-refractivity contribution < 1.29 is 14.3 Å². The van der Waals surface area contributed by atoms with E-state index in [4.69, 9.17) is 16.3 Å². The fraction of sp³-hybridized carbons (Fsp3) is 0.429. The van der Waals surface area contributed by atoms with Gasteiger partial charge in [0.1, 0.15) is 0 Å². The second-order valence-corrected chi connectivity index (χ2v) is 5.87. The average molecular weight is 378 g/mol. The smallest absolute Gasteiger partial charge is 0.254 e. The number of carbonyl (C=O) groups excluding carboxylic acids is 2. The van der Waals surface area contributed by atoms with Crippen LogP contribution < -0.4 is 5.32 Å². The van der Waals surface area contributed by atoms with E-state index in [1.165, 1.54) is 4.90 Å². The first-order chi connectivity index (χ1) is 9.93. The molecule has 0 fully saturated rings. The van der Waals surface area contributed by atoms with Gasteiger partial charge in [0.25, 0.3) is 5.91 Å². The van der Waals surface area contributed by atoms with Gasteiger partial charge in [0.15, 0.2) is 0 Å². The van der Waals surface area contributed by atoms with Crippen LogP contribution in [0.25, 0.3) is 0 Å². The van der Waals surface area contributed by atoms with Crippen molar-refractivity contribution in [2.24, 2.45) is 0 Å². The number of hydrogen-bond acceptors (Lipinski definition) is 3. The fourth-order valence-electron chi connectivity index (χ4n) is 1.69. The number of carbonyl (C=O) groups is 2. The molecule has 5 nitrogen and oxygen atoms in total. The molecule has 0 aliphatic heterocycles. The molecule has 2 amide bonds. The Bertz CT molecular complexity index is 491. The second-order valence-electron chi connectivity index (χ2n) is 4.52. The summed E-state index contributed by atoms with van der Waals surface area (Å²) in [5.74, 6) is -0.465. The molecule has 0 heterocycles. The summed E-state index contributed by atoms with van der Waals surface area (Å²) in [6.45, 7) is 1.11. The van der Waals surface area contributed by atoms with Gasteiger partial charge in [-0.25, -0.2) is 0 Å². The summed E-state index contributed by atoms with van der Waals surface area (Å²) in [6, 6.07) is 4.93. The molecular formula is C14H18BrClN2O3. The molecule has 0 radical (unpaired) electrons. The van der Waals surface area contributed by atoms with E-state index in [1.807, 2.05) is 0 Å². The molecular weight excluding hydrogens is 360 g/mol. The highest BCUT2D eigenvalue weighted by Gasteiger charge is 2.15. The molecule has 0 unspecified atom stereocenters. The zero-order chi connectivity index (χ0) is 15.8. The molecule has 1 aromatic carbocycles. The Morgan fingerprint density at radius 2 is 2.10 bits per heavy atom. The number of hydrogen-bond donors (Lipinski definition) is 1. The summed E-state index contributed by atoms with van der Waals surface area (Å²) in [4.78, 5) is 25.3. The van der Waals surface area contributed by atoms with Crippen molar-refractivity contribution in [3.63, 3.8) is 0 Å². The number of nitrogens with zero attached hydrogens (tertiary/aromatic N) is 1. The van der Waals surface area contributed by atoms with E-state index < -0.39 is 0 Å². The number of ether oxygens (including phenoxy) is 1. The number of nitrogens with one attached hydrogen (secondary N) is 1. The Labute approximate surface area is 137 Å². The topological polar surface area (TPSA) is 58.6 Å². The number of methoxy groups -OCH3 is 1. The van der Waals surface area contributed by atoms with Gasteiger partial charge in [-0.1, -0.05) is 27.5 Å². The average Bonchev–Trinajstić information content (AvgIpc) is 2.41. The van der Waals surface area contributed by atoms with Gasteiger partial charge in [-0.2, -0.15) is 0 Å². The van der Waals surface area contributed by atoms with Crippen molar-refractivity contribution in [3.05, 3.63) is 33.3 Å². The quantitative estimate of drug-likeness (QED) is 0.742. The maximum atomic E-state index is 12.2. The van der Waals surface area contributed by atoms with Crippen molar-refractivity contribution in [1.82, 2.24) is 10.2 Å². The van der Waals surface area contributed by atoms with Crippen LogP contribution in [0.5, 0.6) is 0 Å². The lowest BCUT2D eigenvalue weighted by atomic mass is 10.2. The Morgan fingerprint density at radius 3 is 2.71 bits per heavy atom. The van der Waals surface area contributed by atoms with E-state index in [0.717, 1.165) is 10.9 Å². The largest absolute Gasteiger partial charge is 0.385 e. The third-order valence-corrected chi connectivity index (χ3v) is 3.36. The van der Waals surface area contributed by atoms with Crippen LogP contribution in [-0.2, 0) is 9.53 Å². The van der Waals surface area contributed by atoms with Crippen molar-refractivity contribution >= 4 is 39.3 Å². The normalized spacial score (nSPS) is 10.3. The van der Waals surface area contributed by atoms with Gasteiger partial charge < -0.3 is 15.0 Å². The monoisotopic (exact) mass is 376 g/mol. The molecule has 21 heavy (non-hydrogen) atoms. The van der Waals surface area contributed by atoms with E-state index in [9.17, 15) is 9.59 Å². The van der Waals surface area contributed by atoms with Crippen LogP contribution in [0.2, 0.25) is 5.02 Å². The number of amides is 2. The van der Waals surface area contributed by atoms with Crippen LogP contribution in [0.4, 0.5) is 0 Å². The highest BCUT2D eigenvalue weighted by molar-refractivity contribution is 9.10. The van der Waals surface area contributed by atoms with Gasteiger partial charge in [-0.05, 0) is 24.6 Å². The molecule has 1 rings (SSSR count). The van der Waals surface area contributed by atoms with E-state index in [-0.39, 0.29) is 18.4 Å².